The van der Waals surface area contributed by atoms with Crippen molar-refractivity contribution in [1.82, 2.24) is 19.2 Å². The molecule has 0 bridgehead atoms. The summed E-state index contributed by atoms with van der Waals surface area (Å²) in [6.45, 7) is 4.53. The first-order chi connectivity index (χ1) is 16.5. The number of aryl methyl sites for hydroxylation is 1. The van der Waals surface area contributed by atoms with Gasteiger partial charge in [-0.15, -0.1) is 0 Å². The number of aromatic nitrogens is 3. The molecule has 0 atom stereocenters. The van der Waals surface area contributed by atoms with E-state index in [2.05, 4.69) is 10.00 Å². The molecule has 174 valence electrons. The largest absolute Gasteiger partial charge is 0.497 e. The molecule has 0 spiro atoms. The van der Waals surface area contributed by atoms with Crippen molar-refractivity contribution in [2.75, 3.05) is 38.2 Å². The maximum atomic E-state index is 13.7. The Hall–Kier alpha value is -4.07. The van der Waals surface area contributed by atoms with Gasteiger partial charge in [-0.3, -0.25) is 4.79 Å². The number of nitrogens with zero attached hydrogens (tertiary/aromatic N) is 5. The zero-order valence-electron chi connectivity index (χ0n) is 19.2. The van der Waals surface area contributed by atoms with Gasteiger partial charge in [-0.2, -0.15) is 5.10 Å². The third kappa shape index (κ3) is 4.03. The summed E-state index contributed by atoms with van der Waals surface area (Å²) >= 11 is 0. The maximum absolute atomic E-state index is 13.7. The Kier molecular flexibility index (Phi) is 5.79. The van der Waals surface area contributed by atoms with Crippen molar-refractivity contribution in [3.63, 3.8) is 0 Å². The van der Waals surface area contributed by atoms with Crippen LogP contribution in [0.25, 0.3) is 11.5 Å². The summed E-state index contributed by atoms with van der Waals surface area (Å²) in [7, 11) is 1.65. The molecular weight excluding hydrogens is 433 g/mol. The van der Waals surface area contributed by atoms with Crippen molar-refractivity contribution >= 4 is 11.6 Å². The van der Waals surface area contributed by atoms with Crippen LogP contribution in [0.3, 0.4) is 0 Å². The second kappa shape index (κ2) is 9.05. The van der Waals surface area contributed by atoms with Crippen LogP contribution in [0.2, 0.25) is 0 Å². The molecule has 0 aliphatic carbocycles. The van der Waals surface area contributed by atoms with E-state index >= 15 is 0 Å². The number of piperazine rings is 1. The van der Waals surface area contributed by atoms with Crippen LogP contribution in [0.15, 0.2) is 73.1 Å². The van der Waals surface area contributed by atoms with Gasteiger partial charge in [0.1, 0.15) is 17.1 Å². The zero-order chi connectivity index (χ0) is 23.7. The van der Waals surface area contributed by atoms with Crippen LogP contribution in [-0.4, -0.2) is 58.4 Å². The first kappa shape index (κ1) is 21.8. The molecule has 1 fully saturated rings. The number of amides is 1. The van der Waals surface area contributed by atoms with E-state index in [-0.39, 0.29) is 11.7 Å². The van der Waals surface area contributed by atoms with E-state index in [0.29, 0.717) is 35.9 Å². The number of benzene rings is 2. The number of anilines is 1. The number of hydrogen-bond donors (Lipinski definition) is 0. The van der Waals surface area contributed by atoms with Crippen LogP contribution < -0.4 is 9.64 Å². The molecule has 2 aromatic carbocycles. The fourth-order valence-electron chi connectivity index (χ4n) is 4.36. The van der Waals surface area contributed by atoms with Crippen LogP contribution >= 0.6 is 0 Å². The minimum atomic E-state index is -0.318. The van der Waals surface area contributed by atoms with Gasteiger partial charge in [0.25, 0.3) is 5.91 Å². The van der Waals surface area contributed by atoms with Gasteiger partial charge >= 0.3 is 0 Å². The predicted octanol–water partition coefficient (Wildman–Crippen LogP) is 4.08. The quantitative estimate of drug-likeness (QED) is 0.451. The lowest BCUT2D eigenvalue weighted by atomic mass is 10.1. The predicted molar refractivity (Wildman–Crippen MR) is 129 cm³/mol. The molecular formula is C26H26FN5O2. The Bertz CT molecular complexity index is 1270. The van der Waals surface area contributed by atoms with Crippen LogP contribution in [0.4, 0.5) is 10.1 Å². The van der Waals surface area contributed by atoms with Gasteiger partial charge in [-0.1, -0.05) is 0 Å². The van der Waals surface area contributed by atoms with Gasteiger partial charge in [-0.25, -0.2) is 9.07 Å². The van der Waals surface area contributed by atoms with E-state index in [1.165, 1.54) is 12.1 Å². The Labute approximate surface area is 197 Å². The molecule has 0 N–H and O–H groups in total. The minimum Gasteiger partial charge on any atom is -0.497 e. The van der Waals surface area contributed by atoms with Crippen molar-refractivity contribution in [2.24, 2.45) is 0 Å². The van der Waals surface area contributed by atoms with Gasteiger partial charge in [-0.05, 0) is 67.6 Å². The highest BCUT2D eigenvalue weighted by atomic mass is 19.1. The van der Waals surface area contributed by atoms with Crippen LogP contribution in [-0.2, 0) is 0 Å². The topological polar surface area (TPSA) is 55.5 Å². The van der Waals surface area contributed by atoms with E-state index < -0.39 is 0 Å². The summed E-state index contributed by atoms with van der Waals surface area (Å²) in [4.78, 5) is 17.9. The van der Waals surface area contributed by atoms with E-state index in [9.17, 15) is 9.18 Å². The number of hydrogen-bond acceptors (Lipinski definition) is 4. The lowest BCUT2D eigenvalue weighted by Crippen LogP contribution is -2.49. The van der Waals surface area contributed by atoms with Crippen molar-refractivity contribution in [2.45, 2.75) is 6.92 Å². The summed E-state index contributed by atoms with van der Waals surface area (Å²) < 4.78 is 22.3. The van der Waals surface area contributed by atoms with E-state index in [4.69, 9.17) is 4.74 Å². The van der Waals surface area contributed by atoms with Crippen molar-refractivity contribution < 1.29 is 13.9 Å². The molecule has 8 heteroatoms. The highest BCUT2D eigenvalue weighted by Gasteiger charge is 2.29. The van der Waals surface area contributed by atoms with Gasteiger partial charge < -0.3 is 19.1 Å². The van der Waals surface area contributed by atoms with Crippen LogP contribution in [0.1, 0.15) is 16.1 Å². The highest BCUT2D eigenvalue weighted by Crippen LogP contribution is 2.26. The molecule has 34 heavy (non-hydrogen) atoms. The van der Waals surface area contributed by atoms with E-state index in [1.807, 2.05) is 65.2 Å². The fraction of sp³-hybridized carbons (Fsp3) is 0.231. The van der Waals surface area contributed by atoms with E-state index in [1.54, 1.807) is 23.9 Å². The summed E-state index contributed by atoms with van der Waals surface area (Å²) in [6, 6.07) is 17.9. The SMILES string of the molecule is COc1ccc(N2CCN(C(=O)c3c(C)nn(-c4ccc(F)cc4)c3-n3cccc3)CC2)cc1. The van der Waals surface area contributed by atoms with Crippen LogP contribution in [0, 0.1) is 12.7 Å². The summed E-state index contributed by atoms with van der Waals surface area (Å²) in [5.41, 5.74) is 2.99. The number of carbonyl (C=O) groups excluding carboxylic acids is 1. The number of methoxy groups -OCH3 is 1. The molecule has 4 aromatic rings. The molecule has 1 amide bonds. The molecule has 2 aromatic heterocycles. The second-order valence-corrected chi connectivity index (χ2v) is 8.24. The Morgan fingerprint density at radius 2 is 1.53 bits per heavy atom. The Balaban J connectivity index is 1.42. The minimum absolute atomic E-state index is 0.0519. The maximum Gasteiger partial charge on any atom is 0.259 e. The molecule has 3 heterocycles. The second-order valence-electron chi connectivity index (χ2n) is 8.24. The lowest BCUT2D eigenvalue weighted by molar-refractivity contribution is 0.0746. The lowest BCUT2D eigenvalue weighted by Gasteiger charge is -2.36. The molecule has 0 unspecified atom stereocenters. The smallest absolute Gasteiger partial charge is 0.259 e. The summed E-state index contributed by atoms with van der Waals surface area (Å²) in [5, 5.41) is 4.66. The molecule has 5 rings (SSSR count). The summed E-state index contributed by atoms with van der Waals surface area (Å²) in [6.07, 6.45) is 3.77. The molecule has 0 radical (unpaired) electrons. The first-order valence-electron chi connectivity index (χ1n) is 11.2. The van der Waals surface area contributed by atoms with Crippen molar-refractivity contribution in [1.29, 1.82) is 0 Å². The monoisotopic (exact) mass is 459 g/mol. The standard InChI is InChI=1S/C26H26FN5O2/c1-19-24(25(30-13-3-4-14-30)32(28-19)22-7-5-20(27)6-8-22)26(33)31-17-15-29(16-18-31)21-9-11-23(34-2)12-10-21/h3-14H,15-18H2,1-2H3. The van der Waals surface area contributed by atoms with Crippen molar-refractivity contribution in [3.05, 3.63) is 90.1 Å². The summed E-state index contributed by atoms with van der Waals surface area (Å²) in [5.74, 6) is 1.10. The first-order valence-corrected chi connectivity index (χ1v) is 11.2. The molecule has 1 aliphatic heterocycles. The Morgan fingerprint density at radius 3 is 2.15 bits per heavy atom. The van der Waals surface area contributed by atoms with Gasteiger partial charge in [0.2, 0.25) is 0 Å². The molecule has 0 saturated carbocycles. The Morgan fingerprint density at radius 1 is 0.912 bits per heavy atom. The number of ether oxygens (including phenoxy) is 1. The molecule has 7 nitrogen and oxygen atoms in total. The molecule has 1 saturated heterocycles. The van der Waals surface area contributed by atoms with Crippen LogP contribution in [0.5, 0.6) is 5.75 Å². The molecule has 1 aliphatic rings. The third-order valence-electron chi connectivity index (χ3n) is 6.17. The van der Waals surface area contributed by atoms with Gasteiger partial charge in [0.05, 0.1) is 18.5 Å². The van der Waals surface area contributed by atoms with Crippen molar-refractivity contribution in [3.8, 4) is 17.3 Å². The fourth-order valence-corrected chi connectivity index (χ4v) is 4.36. The number of carbonyl (C=O) groups is 1. The zero-order valence-corrected chi connectivity index (χ0v) is 19.2. The normalized spacial score (nSPS) is 13.9. The van der Waals surface area contributed by atoms with Gasteiger partial charge in [0, 0.05) is 44.3 Å². The number of rotatable bonds is 5. The average Bonchev–Trinajstić information content (AvgIpc) is 3.52. The number of halogens is 1. The third-order valence-corrected chi connectivity index (χ3v) is 6.17. The van der Waals surface area contributed by atoms with Gasteiger partial charge in [0.15, 0.2) is 5.82 Å². The highest BCUT2D eigenvalue weighted by molar-refractivity contribution is 5.99. The van der Waals surface area contributed by atoms with E-state index in [0.717, 1.165) is 24.5 Å². The average molecular weight is 460 g/mol.